The maximum absolute atomic E-state index is 12.8. The van der Waals surface area contributed by atoms with Crippen LogP contribution in [0.2, 0.25) is 0 Å². The maximum atomic E-state index is 12.8. The smallest absolute Gasteiger partial charge is 0.243 e. The molecule has 0 atom stereocenters. The molecule has 2 rings (SSSR count). The summed E-state index contributed by atoms with van der Waals surface area (Å²) in [5.74, 6) is 1.55. The van der Waals surface area contributed by atoms with Gasteiger partial charge < -0.3 is 14.8 Å². The molecule has 24 heavy (non-hydrogen) atoms. The number of nitrogens with zero attached hydrogens (tertiary/aromatic N) is 1. The lowest BCUT2D eigenvalue weighted by atomic mass is 9.95. The van der Waals surface area contributed by atoms with E-state index in [1.54, 1.807) is 16.4 Å². The van der Waals surface area contributed by atoms with Crippen LogP contribution in [0.25, 0.3) is 0 Å². The Morgan fingerprint density at radius 1 is 1.17 bits per heavy atom. The third-order valence-corrected chi connectivity index (χ3v) is 6.26. The Balaban J connectivity index is 0.00000288. The van der Waals surface area contributed by atoms with Gasteiger partial charge in [-0.05, 0) is 50.9 Å². The molecule has 1 aliphatic rings. The number of hydrogen-bond donors (Lipinski definition) is 1. The monoisotopic (exact) mass is 378 g/mol. The van der Waals surface area contributed by atoms with Gasteiger partial charge >= 0.3 is 0 Å². The summed E-state index contributed by atoms with van der Waals surface area (Å²) in [6.07, 6.45) is 2.92. The highest BCUT2D eigenvalue weighted by molar-refractivity contribution is 7.89. The van der Waals surface area contributed by atoms with Crippen molar-refractivity contribution >= 4 is 22.4 Å². The second-order valence-corrected chi connectivity index (χ2v) is 7.69. The first kappa shape index (κ1) is 21.0. The number of halogens is 1. The minimum atomic E-state index is -3.48. The van der Waals surface area contributed by atoms with Crippen LogP contribution in [0, 0.1) is 5.92 Å². The summed E-state index contributed by atoms with van der Waals surface area (Å²) in [4.78, 5) is 0.254. The number of benzene rings is 1. The van der Waals surface area contributed by atoms with Gasteiger partial charge in [0, 0.05) is 19.2 Å². The molecule has 0 aromatic heterocycles. The SMILES string of the molecule is CNCCC1CCN(S(=O)(=O)c2ccc(OC)c(OC)c2)CC1.Cl. The first-order valence-corrected chi connectivity index (χ1v) is 9.33. The third-order valence-electron chi connectivity index (χ3n) is 4.37. The summed E-state index contributed by atoms with van der Waals surface area (Å²) in [5.41, 5.74) is 0. The minimum Gasteiger partial charge on any atom is -0.493 e. The summed E-state index contributed by atoms with van der Waals surface area (Å²) in [5, 5.41) is 3.15. The van der Waals surface area contributed by atoms with Crippen LogP contribution in [0.15, 0.2) is 23.1 Å². The fourth-order valence-corrected chi connectivity index (χ4v) is 4.40. The van der Waals surface area contributed by atoms with Gasteiger partial charge in [0.05, 0.1) is 19.1 Å². The van der Waals surface area contributed by atoms with Gasteiger partial charge in [-0.25, -0.2) is 8.42 Å². The van der Waals surface area contributed by atoms with Crippen molar-refractivity contribution < 1.29 is 17.9 Å². The molecule has 1 aliphatic heterocycles. The van der Waals surface area contributed by atoms with Crippen LogP contribution in [0.4, 0.5) is 0 Å². The van der Waals surface area contributed by atoms with Crippen molar-refractivity contribution in [3.8, 4) is 11.5 Å². The van der Waals surface area contributed by atoms with Crippen LogP contribution >= 0.6 is 12.4 Å². The summed E-state index contributed by atoms with van der Waals surface area (Å²) >= 11 is 0. The van der Waals surface area contributed by atoms with Crippen LogP contribution in [0.1, 0.15) is 19.3 Å². The topological polar surface area (TPSA) is 67.9 Å². The van der Waals surface area contributed by atoms with E-state index < -0.39 is 10.0 Å². The molecule has 0 saturated carbocycles. The van der Waals surface area contributed by atoms with E-state index in [-0.39, 0.29) is 17.3 Å². The predicted molar refractivity (Wildman–Crippen MR) is 96.8 cm³/mol. The molecule has 0 bridgehead atoms. The average molecular weight is 379 g/mol. The Kier molecular flexibility index (Phi) is 8.29. The van der Waals surface area contributed by atoms with Crippen LogP contribution in [0.5, 0.6) is 11.5 Å². The first-order valence-electron chi connectivity index (χ1n) is 7.89. The van der Waals surface area contributed by atoms with Gasteiger partial charge in [0.25, 0.3) is 0 Å². The Hall–Kier alpha value is -1.02. The molecule has 1 saturated heterocycles. The quantitative estimate of drug-likeness (QED) is 0.787. The molecule has 1 N–H and O–H groups in total. The number of nitrogens with one attached hydrogen (secondary N) is 1. The average Bonchev–Trinajstić information content (AvgIpc) is 2.59. The zero-order chi connectivity index (χ0) is 16.9. The summed E-state index contributed by atoms with van der Waals surface area (Å²) in [6.45, 7) is 2.13. The van der Waals surface area contributed by atoms with Gasteiger partial charge in [0.15, 0.2) is 11.5 Å². The minimum absolute atomic E-state index is 0. The standard InChI is InChI=1S/C16H26N2O4S.ClH/c1-17-9-6-13-7-10-18(11-8-13)23(19,20)14-4-5-15(21-2)16(12-14)22-3;/h4-5,12-13,17H,6-11H2,1-3H3;1H. The van der Waals surface area contributed by atoms with Gasteiger partial charge in [-0.3, -0.25) is 0 Å². The third kappa shape index (κ3) is 4.75. The number of rotatable bonds is 7. The molecule has 1 fully saturated rings. The van der Waals surface area contributed by atoms with E-state index in [1.807, 2.05) is 7.05 Å². The molecule has 0 aliphatic carbocycles. The molecule has 0 radical (unpaired) electrons. The fourth-order valence-electron chi connectivity index (χ4n) is 2.91. The fraction of sp³-hybridized carbons (Fsp3) is 0.625. The molecule has 1 aromatic carbocycles. The van der Waals surface area contributed by atoms with Crippen molar-refractivity contribution in [2.24, 2.45) is 5.92 Å². The van der Waals surface area contributed by atoms with Crippen LogP contribution in [0.3, 0.4) is 0 Å². The number of methoxy groups -OCH3 is 2. The maximum Gasteiger partial charge on any atom is 0.243 e. The second kappa shape index (κ2) is 9.46. The van der Waals surface area contributed by atoms with Gasteiger partial charge in [-0.2, -0.15) is 4.31 Å². The highest BCUT2D eigenvalue weighted by Gasteiger charge is 2.29. The van der Waals surface area contributed by atoms with E-state index in [0.717, 1.165) is 25.8 Å². The van der Waals surface area contributed by atoms with Gasteiger partial charge in [-0.15, -0.1) is 12.4 Å². The molecule has 1 aromatic rings. The van der Waals surface area contributed by atoms with E-state index in [9.17, 15) is 8.42 Å². The van der Waals surface area contributed by atoms with Crippen molar-refractivity contribution in [1.82, 2.24) is 9.62 Å². The van der Waals surface area contributed by atoms with Gasteiger partial charge in [0.1, 0.15) is 0 Å². The molecule has 0 unspecified atom stereocenters. The lowest BCUT2D eigenvalue weighted by molar-refractivity contribution is 0.263. The van der Waals surface area contributed by atoms with Crippen LogP contribution in [-0.4, -0.2) is 53.6 Å². The van der Waals surface area contributed by atoms with Crippen molar-refractivity contribution in [3.05, 3.63) is 18.2 Å². The molecule has 1 heterocycles. The summed E-state index contributed by atoms with van der Waals surface area (Å²) in [6, 6.07) is 4.73. The van der Waals surface area contributed by atoms with Crippen molar-refractivity contribution in [2.45, 2.75) is 24.2 Å². The Bertz CT molecular complexity index is 617. The summed E-state index contributed by atoms with van der Waals surface area (Å²) in [7, 11) is 1.49. The van der Waals surface area contributed by atoms with Crippen LogP contribution < -0.4 is 14.8 Å². The normalized spacial score (nSPS) is 16.5. The van der Waals surface area contributed by atoms with E-state index in [2.05, 4.69) is 5.32 Å². The van der Waals surface area contributed by atoms with E-state index in [4.69, 9.17) is 9.47 Å². The van der Waals surface area contributed by atoms with E-state index in [1.165, 1.54) is 20.3 Å². The van der Waals surface area contributed by atoms with Crippen molar-refractivity contribution in [1.29, 1.82) is 0 Å². The molecule has 138 valence electrons. The molecule has 0 spiro atoms. The molecular formula is C16H27ClN2O4S. The van der Waals surface area contributed by atoms with Crippen molar-refractivity contribution in [3.63, 3.8) is 0 Å². The first-order chi connectivity index (χ1) is 11.0. The number of hydrogen-bond acceptors (Lipinski definition) is 5. The second-order valence-electron chi connectivity index (χ2n) is 5.76. The Morgan fingerprint density at radius 3 is 2.33 bits per heavy atom. The zero-order valence-corrected chi connectivity index (χ0v) is 16.1. The lowest BCUT2D eigenvalue weighted by Gasteiger charge is -2.31. The highest BCUT2D eigenvalue weighted by atomic mass is 35.5. The molecule has 6 nitrogen and oxygen atoms in total. The number of piperidine rings is 1. The predicted octanol–water partition coefficient (Wildman–Crippen LogP) is 2.14. The highest BCUT2D eigenvalue weighted by Crippen LogP contribution is 2.32. The molecule has 8 heteroatoms. The van der Waals surface area contributed by atoms with E-state index in [0.29, 0.717) is 30.5 Å². The van der Waals surface area contributed by atoms with E-state index >= 15 is 0 Å². The summed E-state index contributed by atoms with van der Waals surface area (Å²) < 4.78 is 37.5. The molecule has 0 amide bonds. The Labute approximate surface area is 151 Å². The number of ether oxygens (including phenoxy) is 2. The number of sulfonamides is 1. The van der Waals surface area contributed by atoms with Gasteiger partial charge in [-0.1, -0.05) is 0 Å². The van der Waals surface area contributed by atoms with Crippen LogP contribution in [-0.2, 0) is 10.0 Å². The molecular weight excluding hydrogens is 352 g/mol. The zero-order valence-electron chi connectivity index (χ0n) is 14.4. The Morgan fingerprint density at radius 2 is 1.79 bits per heavy atom. The largest absolute Gasteiger partial charge is 0.493 e. The van der Waals surface area contributed by atoms with Crippen molar-refractivity contribution in [2.75, 3.05) is 40.9 Å². The van der Waals surface area contributed by atoms with Gasteiger partial charge in [0.2, 0.25) is 10.0 Å². The lowest BCUT2D eigenvalue weighted by Crippen LogP contribution is -2.38.